The van der Waals surface area contributed by atoms with Crippen LogP contribution in [0.5, 0.6) is 0 Å². The Hall–Kier alpha value is -2.14. The topological polar surface area (TPSA) is 40.6 Å². The lowest BCUT2D eigenvalue weighted by molar-refractivity contribution is 0.0718. The molecule has 2 aromatic rings. The highest BCUT2D eigenvalue weighted by molar-refractivity contribution is 9.10. The molecule has 3 rings (SSSR count). The lowest BCUT2D eigenvalue weighted by atomic mass is 10.1. The Kier molecular flexibility index (Phi) is 5.53. The van der Waals surface area contributed by atoms with Crippen molar-refractivity contribution in [2.75, 3.05) is 26.2 Å². The quantitative estimate of drug-likeness (QED) is 0.769. The first kappa shape index (κ1) is 17.7. The van der Waals surface area contributed by atoms with E-state index in [1.165, 1.54) is 0 Å². The van der Waals surface area contributed by atoms with Crippen LogP contribution in [0.1, 0.15) is 32.7 Å². The van der Waals surface area contributed by atoms with Gasteiger partial charge in [0, 0.05) is 41.8 Å². The minimum atomic E-state index is 0.0253. The zero-order valence-electron chi connectivity index (χ0n) is 14.2. The summed E-state index contributed by atoms with van der Waals surface area (Å²) < 4.78 is 0.954. The van der Waals surface area contributed by atoms with E-state index in [9.17, 15) is 9.59 Å². The highest BCUT2D eigenvalue weighted by Gasteiger charge is 2.23. The monoisotopic (exact) mass is 400 g/mol. The van der Waals surface area contributed by atoms with E-state index >= 15 is 0 Å². The number of hydrogen-bond donors (Lipinski definition) is 0. The van der Waals surface area contributed by atoms with Crippen molar-refractivity contribution in [3.63, 3.8) is 0 Å². The summed E-state index contributed by atoms with van der Waals surface area (Å²) in [6.07, 6.45) is 0.791. The fourth-order valence-corrected chi connectivity index (χ4v) is 3.32. The fourth-order valence-electron chi connectivity index (χ4n) is 3.06. The van der Waals surface area contributed by atoms with E-state index in [0.717, 1.165) is 16.5 Å². The molecule has 0 bridgehead atoms. The zero-order valence-corrected chi connectivity index (χ0v) is 15.8. The molecule has 0 N–H and O–H groups in total. The standard InChI is InChI=1S/C20H21BrN2O2/c1-15-4-2-5-17(14-15)20(25)23-11-3-10-22(12-13-23)19(24)16-6-8-18(21)9-7-16/h2,4-9,14H,3,10-13H2,1H3. The van der Waals surface area contributed by atoms with Crippen LogP contribution < -0.4 is 0 Å². The molecule has 1 saturated heterocycles. The first-order chi connectivity index (χ1) is 12.0. The number of benzene rings is 2. The van der Waals surface area contributed by atoms with E-state index < -0.39 is 0 Å². The summed E-state index contributed by atoms with van der Waals surface area (Å²) in [5.74, 6) is 0.0685. The van der Waals surface area contributed by atoms with Gasteiger partial charge in [0.2, 0.25) is 0 Å². The van der Waals surface area contributed by atoms with E-state index in [0.29, 0.717) is 37.3 Å². The second-order valence-electron chi connectivity index (χ2n) is 6.31. The largest absolute Gasteiger partial charge is 0.337 e. The van der Waals surface area contributed by atoms with Crippen LogP contribution in [0.4, 0.5) is 0 Å². The van der Waals surface area contributed by atoms with E-state index in [4.69, 9.17) is 0 Å². The number of aryl methyl sites for hydroxylation is 1. The van der Waals surface area contributed by atoms with E-state index in [1.54, 1.807) is 0 Å². The number of rotatable bonds is 2. The summed E-state index contributed by atoms with van der Waals surface area (Å²) in [4.78, 5) is 29.1. The van der Waals surface area contributed by atoms with Gasteiger partial charge >= 0.3 is 0 Å². The first-order valence-electron chi connectivity index (χ1n) is 8.45. The lowest BCUT2D eigenvalue weighted by Crippen LogP contribution is -2.37. The van der Waals surface area contributed by atoms with Crippen molar-refractivity contribution in [1.29, 1.82) is 0 Å². The average molecular weight is 401 g/mol. The predicted molar refractivity (Wildman–Crippen MR) is 102 cm³/mol. The summed E-state index contributed by atoms with van der Waals surface area (Å²) in [7, 11) is 0. The Balaban J connectivity index is 1.67. The van der Waals surface area contributed by atoms with Gasteiger partial charge in [0.15, 0.2) is 0 Å². The molecule has 5 heteroatoms. The average Bonchev–Trinajstić information content (AvgIpc) is 2.87. The second kappa shape index (κ2) is 7.83. The molecule has 0 aliphatic carbocycles. The van der Waals surface area contributed by atoms with E-state index in [2.05, 4.69) is 15.9 Å². The van der Waals surface area contributed by atoms with Gasteiger partial charge in [0.25, 0.3) is 11.8 Å². The van der Waals surface area contributed by atoms with Gasteiger partial charge in [-0.2, -0.15) is 0 Å². The molecule has 1 aliphatic heterocycles. The third kappa shape index (κ3) is 4.28. The highest BCUT2D eigenvalue weighted by Crippen LogP contribution is 2.15. The van der Waals surface area contributed by atoms with Crippen LogP contribution in [0.15, 0.2) is 53.0 Å². The molecule has 2 aromatic carbocycles. The third-order valence-corrected chi connectivity index (χ3v) is 4.96. The molecule has 0 aromatic heterocycles. The molecular weight excluding hydrogens is 380 g/mol. The maximum absolute atomic E-state index is 12.7. The molecule has 25 heavy (non-hydrogen) atoms. The summed E-state index contributed by atoms with van der Waals surface area (Å²) >= 11 is 3.39. The Morgan fingerprint density at radius 2 is 1.44 bits per heavy atom. The molecule has 0 atom stereocenters. The highest BCUT2D eigenvalue weighted by atomic mass is 79.9. The van der Waals surface area contributed by atoms with E-state index in [-0.39, 0.29) is 11.8 Å². The number of carbonyl (C=O) groups is 2. The molecule has 0 radical (unpaired) electrons. The summed E-state index contributed by atoms with van der Waals surface area (Å²) in [5, 5.41) is 0. The molecular formula is C20H21BrN2O2. The number of halogens is 1. The van der Waals surface area contributed by atoms with Gasteiger partial charge in [-0.3, -0.25) is 9.59 Å². The van der Waals surface area contributed by atoms with Crippen LogP contribution in [0, 0.1) is 6.92 Å². The van der Waals surface area contributed by atoms with Crippen LogP contribution >= 0.6 is 15.9 Å². The van der Waals surface area contributed by atoms with Crippen LogP contribution in [-0.2, 0) is 0 Å². The Morgan fingerprint density at radius 3 is 2.04 bits per heavy atom. The zero-order chi connectivity index (χ0) is 17.8. The molecule has 0 unspecified atom stereocenters. The van der Waals surface area contributed by atoms with Crippen molar-refractivity contribution in [3.8, 4) is 0 Å². The summed E-state index contributed by atoms with van der Waals surface area (Å²) in [6, 6.07) is 15.1. The van der Waals surface area contributed by atoms with Crippen LogP contribution in [0.3, 0.4) is 0 Å². The van der Waals surface area contributed by atoms with Crippen LogP contribution in [-0.4, -0.2) is 47.8 Å². The van der Waals surface area contributed by atoms with E-state index in [1.807, 2.05) is 65.3 Å². The van der Waals surface area contributed by atoms with Crippen LogP contribution in [0.2, 0.25) is 0 Å². The van der Waals surface area contributed by atoms with Crippen molar-refractivity contribution >= 4 is 27.7 Å². The molecule has 130 valence electrons. The fraction of sp³-hybridized carbons (Fsp3) is 0.300. The minimum absolute atomic E-state index is 0.0253. The van der Waals surface area contributed by atoms with Crippen molar-refractivity contribution in [2.24, 2.45) is 0 Å². The minimum Gasteiger partial charge on any atom is -0.337 e. The molecule has 4 nitrogen and oxygen atoms in total. The third-order valence-electron chi connectivity index (χ3n) is 4.43. The van der Waals surface area contributed by atoms with Gasteiger partial charge in [-0.25, -0.2) is 0 Å². The molecule has 0 spiro atoms. The van der Waals surface area contributed by atoms with Crippen molar-refractivity contribution in [3.05, 3.63) is 69.7 Å². The van der Waals surface area contributed by atoms with Crippen molar-refractivity contribution in [1.82, 2.24) is 9.80 Å². The summed E-state index contributed by atoms with van der Waals surface area (Å²) in [5.41, 5.74) is 2.47. The maximum atomic E-state index is 12.7. The van der Waals surface area contributed by atoms with Gasteiger partial charge in [-0.1, -0.05) is 33.6 Å². The lowest BCUT2D eigenvalue weighted by Gasteiger charge is -2.22. The second-order valence-corrected chi connectivity index (χ2v) is 7.23. The van der Waals surface area contributed by atoms with Gasteiger partial charge in [0.1, 0.15) is 0 Å². The van der Waals surface area contributed by atoms with Crippen molar-refractivity contribution < 1.29 is 9.59 Å². The van der Waals surface area contributed by atoms with Gasteiger partial charge in [0.05, 0.1) is 0 Å². The number of nitrogens with zero attached hydrogens (tertiary/aromatic N) is 2. The number of carbonyl (C=O) groups excluding carboxylic acids is 2. The molecule has 1 heterocycles. The Bertz CT molecular complexity index is 774. The van der Waals surface area contributed by atoms with Gasteiger partial charge < -0.3 is 9.80 Å². The van der Waals surface area contributed by atoms with Gasteiger partial charge in [-0.05, 0) is 49.7 Å². The molecule has 0 saturated carbocycles. The Labute approximate surface area is 156 Å². The smallest absolute Gasteiger partial charge is 0.253 e. The Morgan fingerprint density at radius 1 is 0.840 bits per heavy atom. The number of hydrogen-bond acceptors (Lipinski definition) is 2. The van der Waals surface area contributed by atoms with Gasteiger partial charge in [-0.15, -0.1) is 0 Å². The first-order valence-corrected chi connectivity index (χ1v) is 9.25. The molecule has 1 aliphatic rings. The SMILES string of the molecule is Cc1cccc(C(=O)N2CCCN(C(=O)c3ccc(Br)cc3)CC2)c1. The molecule has 1 fully saturated rings. The summed E-state index contributed by atoms with van der Waals surface area (Å²) in [6.45, 7) is 4.46. The van der Waals surface area contributed by atoms with Crippen molar-refractivity contribution in [2.45, 2.75) is 13.3 Å². The molecule has 2 amide bonds. The number of amides is 2. The predicted octanol–water partition coefficient (Wildman–Crippen LogP) is 3.75. The maximum Gasteiger partial charge on any atom is 0.253 e. The van der Waals surface area contributed by atoms with Crippen LogP contribution in [0.25, 0.3) is 0 Å². The normalized spacial score (nSPS) is 15.0.